The van der Waals surface area contributed by atoms with E-state index in [4.69, 9.17) is 10.8 Å². The van der Waals surface area contributed by atoms with Crippen molar-refractivity contribution >= 4 is 29.1 Å². The van der Waals surface area contributed by atoms with Crippen LogP contribution in [-0.2, 0) is 0 Å². The summed E-state index contributed by atoms with van der Waals surface area (Å²) in [6, 6.07) is 0.181. The Hall–Kier alpha value is -1.44. The molecule has 1 saturated carbocycles. The smallest absolute Gasteiger partial charge is 0.168 e. The van der Waals surface area contributed by atoms with Gasteiger partial charge in [0.15, 0.2) is 5.65 Å². The van der Waals surface area contributed by atoms with E-state index in [0.29, 0.717) is 5.92 Å². The number of aromatic nitrogens is 4. The second-order valence-electron chi connectivity index (χ2n) is 5.65. The van der Waals surface area contributed by atoms with Crippen LogP contribution >= 0.6 is 11.8 Å². The molecule has 0 spiro atoms. The van der Waals surface area contributed by atoms with E-state index in [1.807, 2.05) is 10.8 Å². The molecule has 2 aromatic rings. The normalized spacial score (nSPS) is 20.7. The molecule has 3 N–H and O–H groups in total. The Morgan fingerprint density at radius 3 is 3.09 bits per heavy atom. The van der Waals surface area contributed by atoms with E-state index >= 15 is 0 Å². The van der Waals surface area contributed by atoms with Crippen molar-refractivity contribution in [1.29, 1.82) is 0 Å². The molecule has 7 heteroatoms. The average molecular weight is 319 g/mol. The minimum atomic E-state index is 0.181. The van der Waals surface area contributed by atoms with Crippen LogP contribution in [0, 0.1) is 5.92 Å². The van der Waals surface area contributed by atoms with E-state index in [-0.39, 0.29) is 12.6 Å². The molecule has 0 aliphatic heterocycles. The summed E-state index contributed by atoms with van der Waals surface area (Å²) >= 11 is 1.64. The number of fused-ring (bicyclic) bond motifs is 1. The number of aliphatic hydroxyl groups excluding tert-OH is 1. The van der Waals surface area contributed by atoms with Crippen LogP contribution in [0.2, 0.25) is 0 Å². The highest BCUT2D eigenvalue weighted by atomic mass is 32.2. The molecule has 0 bridgehead atoms. The Labute approximate surface area is 133 Å². The van der Waals surface area contributed by atoms with Crippen molar-refractivity contribution in [1.82, 2.24) is 19.5 Å². The monoisotopic (exact) mass is 319 g/mol. The van der Waals surface area contributed by atoms with Gasteiger partial charge in [-0.15, -0.1) is 11.8 Å². The highest BCUT2D eigenvalue weighted by molar-refractivity contribution is 7.99. The zero-order valence-electron chi connectivity index (χ0n) is 12.6. The highest BCUT2D eigenvalue weighted by Crippen LogP contribution is 2.38. The van der Waals surface area contributed by atoms with Gasteiger partial charge in [-0.05, 0) is 18.4 Å². The number of hydrogen-bond acceptors (Lipinski definition) is 6. The van der Waals surface area contributed by atoms with Crippen LogP contribution in [0.25, 0.3) is 17.4 Å². The molecule has 1 fully saturated rings. The van der Waals surface area contributed by atoms with Crippen LogP contribution < -0.4 is 5.73 Å². The molecule has 0 radical (unpaired) electrons. The summed E-state index contributed by atoms with van der Waals surface area (Å²) in [5.41, 5.74) is 8.92. The zero-order valence-corrected chi connectivity index (χ0v) is 13.5. The van der Waals surface area contributed by atoms with Gasteiger partial charge in [-0.2, -0.15) is 0 Å². The van der Waals surface area contributed by atoms with E-state index in [2.05, 4.69) is 21.9 Å². The number of nitrogens with two attached hydrogens (primary N) is 1. The lowest BCUT2D eigenvalue weighted by atomic mass is 10.2. The fourth-order valence-electron chi connectivity index (χ4n) is 2.41. The van der Waals surface area contributed by atoms with Crippen LogP contribution in [0.4, 0.5) is 0 Å². The predicted molar refractivity (Wildman–Crippen MR) is 88.4 cm³/mol. The Bertz CT molecular complexity index is 684. The number of aliphatic hydroxyl groups is 1. The Morgan fingerprint density at radius 2 is 2.36 bits per heavy atom. The van der Waals surface area contributed by atoms with Crippen LogP contribution in [0.1, 0.15) is 26.2 Å². The van der Waals surface area contributed by atoms with Gasteiger partial charge >= 0.3 is 0 Å². The van der Waals surface area contributed by atoms with Crippen LogP contribution in [0.15, 0.2) is 23.3 Å². The summed E-state index contributed by atoms with van der Waals surface area (Å²) in [4.78, 5) is 13.1. The third kappa shape index (κ3) is 3.31. The van der Waals surface area contributed by atoms with Crippen LogP contribution in [-0.4, -0.2) is 43.0 Å². The van der Waals surface area contributed by atoms with Gasteiger partial charge in [0.25, 0.3) is 0 Å². The van der Waals surface area contributed by atoms with Crippen LogP contribution in [0.5, 0.6) is 0 Å². The van der Waals surface area contributed by atoms with Crippen LogP contribution in [0.3, 0.4) is 0 Å². The van der Waals surface area contributed by atoms with Crippen molar-refractivity contribution in [2.24, 2.45) is 11.7 Å². The minimum absolute atomic E-state index is 0.181. The van der Waals surface area contributed by atoms with E-state index in [0.717, 1.165) is 41.2 Å². The summed E-state index contributed by atoms with van der Waals surface area (Å²) in [6.07, 6.45) is 8.41. The largest absolute Gasteiger partial charge is 0.396 e. The van der Waals surface area contributed by atoms with Gasteiger partial charge < -0.3 is 10.8 Å². The molecule has 2 unspecified atom stereocenters. The molecular formula is C15H21N5OS. The molecule has 2 heterocycles. The number of rotatable bonds is 7. The van der Waals surface area contributed by atoms with Gasteiger partial charge in [0.2, 0.25) is 0 Å². The highest BCUT2D eigenvalue weighted by Gasteiger charge is 2.28. The Morgan fingerprint density at radius 1 is 1.50 bits per heavy atom. The van der Waals surface area contributed by atoms with Crippen molar-refractivity contribution in [2.75, 3.05) is 12.4 Å². The quantitative estimate of drug-likeness (QED) is 0.598. The first-order chi connectivity index (χ1) is 10.7. The van der Waals surface area contributed by atoms with Gasteiger partial charge in [-0.1, -0.05) is 13.3 Å². The van der Waals surface area contributed by atoms with E-state index in [9.17, 15) is 0 Å². The molecule has 2 atom stereocenters. The van der Waals surface area contributed by atoms with E-state index < -0.39 is 0 Å². The molecule has 3 rings (SSSR count). The van der Waals surface area contributed by atoms with Gasteiger partial charge in [-0.3, -0.25) is 4.57 Å². The number of thioether (sulfide) groups is 1. The standard InChI is InChI=1S/C15H21N5OS/c1-2-3-12(16)7-22-15-13-14(17-8-18-15)20(9-19-13)5-10-4-11(10)6-21/h5,8-9,11-12,21H,2-4,6-7,16H2,1H3. The molecule has 0 amide bonds. The lowest BCUT2D eigenvalue weighted by Gasteiger charge is -2.08. The summed E-state index contributed by atoms with van der Waals surface area (Å²) in [6.45, 7) is 2.35. The second-order valence-corrected chi connectivity index (χ2v) is 6.66. The van der Waals surface area contributed by atoms with Gasteiger partial charge in [-0.25, -0.2) is 15.0 Å². The number of hydrogen-bond donors (Lipinski definition) is 2. The minimum Gasteiger partial charge on any atom is -0.396 e. The van der Waals surface area contributed by atoms with Gasteiger partial charge in [0.1, 0.15) is 23.2 Å². The third-order valence-electron chi connectivity index (χ3n) is 3.79. The number of nitrogens with zero attached hydrogens (tertiary/aromatic N) is 4. The first kappa shape index (κ1) is 15.5. The van der Waals surface area contributed by atoms with E-state index in [1.165, 1.54) is 5.57 Å². The molecule has 6 nitrogen and oxygen atoms in total. The maximum atomic E-state index is 9.12. The first-order valence-electron chi connectivity index (χ1n) is 7.60. The predicted octanol–water partition coefficient (Wildman–Crippen LogP) is 1.90. The molecule has 0 saturated heterocycles. The van der Waals surface area contributed by atoms with Gasteiger partial charge in [0, 0.05) is 30.5 Å². The van der Waals surface area contributed by atoms with Crippen molar-refractivity contribution < 1.29 is 5.11 Å². The topological polar surface area (TPSA) is 89.9 Å². The maximum absolute atomic E-state index is 9.12. The SMILES string of the molecule is CCCC(N)CSc1ncnc2c1ncn2C=C1CC1CO. The van der Waals surface area contributed by atoms with Gasteiger partial charge in [0.05, 0.1) is 0 Å². The van der Waals surface area contributed by atoms with Crippen molar-refractivity contribution in [2.45, 2.75) is 37.3 Å². The zero-order chi connectivity index (χ0) is 15.5. The summed E-state index contributed by atoms with van der Waals surface area (Å²) < 4.78 is 1.91. The van der Waals surface area contributed by atoms with E-state index in [1.54, 1.807) is 24.4 Å². The van der Waals surface area contributed by atoms with Crippen molar-refractivity contribution in [3.63, 3.8) is 0 Å². The first-order valence-corrected chi connectivity index (χ1v) is 8.58. The molecular weight excluding hydrogens is 298 g/mol. The van der Waals surface area contributed by atoms with Crippen molar-refractivity contribution in [3.8, 4) is 0 Å². The molecule has 22 heavy (non-hydrogen) atoms. The third-order valence-corrected chi connectivity index (χ3v) is 4.96. The maximum Gasteiger partial charge on any atom is 0.168 e. The summed E-state index contributed by atoms with van der Waals surface area (Å²) in [5, 5.41) is 10.00. The number of imidazole rings is 1. The van der Waals surface area contributed by atoms with Crippen molar-refractivity contribution in [3.05, 3.63) is 18.2 Å². The lowest BCUT2D eigenvalue weighted by molar-refractivity contribution is 0.281. The Balaban J connectivity index is 1.79. The summed E-state index contributed by atoms with van der Waals surface area (Å²) in [5.74, 6) is 1.14. The second kappa shape index (κ2) is 6.76. The lowest BCUT2D eigenvalue weighted by Crippen LogP contribution is -2.22. The molecule has 1 aliphatic carbocycles. The molecule has 1 aliphatic rings. The Kier molecular flexibility index (Phi) is 4.75. The fourth-order valence-corrected chi connectivity index (χ4v) is 3.36. The molecule has 118 valence electrons. The average Bonchev–Trinajstić information content (AvgIpc) is 3.15. The molecule has 0 aromatic carbocycles. The molecule has 2 aromatic heterocycles. The fraction of sp³-hybridized carbons (Fsp3) is 0.533. The summed E-state index contributed by atoms with van der Waals surface area (Å²) in [7, 11) is 0.